The van der Waals surface area contributed by atoms with Gasteiger partial charge in [-0.25, -0.2) is 9.37 Å². The van der Waals surface area contributed by atoms with E-state index in [-0.39, 0.29) is 5.02 Å². The Bertz CT molecular complexity index is 630. The van der Waals surface area contributed by atoms with Gasteiger partial charge >= 0.3 is 0 Å². The molecule has 0 aliphatic heterocycles. The predicted molar refractivity (Wildman–Crippen MR) is 80.9 cm³/mol. The summed E-state index contributed by atoms with van der Waals surface area (Å²) in [5.41, 5.74) is 1.53. The fraction of sp³-hybridized carbons (Fsp3) is 0.533. The molecule has 2 aromatic rings. The normalized spacial score (nSPS) is 23.4. The molecule has 0 spiro atoms. The Morgan fingerprint density at radius 2 is 2.00 bits per heavy atom. The van der Waals surface area contributed by atoms with Gasteiger partial charge in [-0.05, 0) is 37.7 Å². The Hall–Kier alpha value is -0.800. The van der Waals surface area contributed by atoms with Crippen molar-refractivity contribution in [3.05, 3.63) is 28.8 Å². The fourth-order valence-corrected chi connectivity index (χ4v) is 3.49. The van der Waals surface area contributed by atoms with Gasteiger partial charge in [-0.1, -0.05) is 18.5 Å². The molecule has 1 heterocycles. The van der Waals surface area contributed by atoms with Gasteiger partial charge < -0.3 is 4.57 Å². The van der Waals surface area contributed by atoms with Gasteiger partial charge in [0.1, 0.15) is 11.6 Å². The highest BCUT2D eigenvalue weighted by Crippen LogP contribution is 2.36. The fourth-order valence-electron chi connectivity index (χ4n) is 3.14. The number of hydrogen-bond donors (Lipinski definition) is 0. The van der Waals surface area contributed by atoms with Gasteiger partial charge in [0.15, 0.2) is 0 Å². The first-order valence-corrected chi connectivity index (χ1v) is 7.93. The van der Waals surface area contributed by atoms with Gasteiger partial charge in [-0.15, -0.1) is 11.6 Å². The van der Waals surface area contributed by atoms with Gasteiger partial charge in [-0.2, -0.15) is 0 Å². The lowest BCUT2D eigenvalue weighted by atomic mass is 9.87. The van der Waals surface area contributed by atoms with Crippen LogP contribution in [0.2, 0.25) is 5.02 Å². The van der Waals surface area contributed by atoms with Crippen LogP contribution in [0, 0.1) is 11.7 Å². The molecule has 0 radical (unpaired) electrons. The molecule has 1 saturated carbocycles. The van der Waals surface area contributed by atoms with Crippen LogP contribution in [0.4, 0.5) is 4.39 Å². The third-order valence-electron chi connectivity index (χ3n) is 4.27. The third-order valence-corrected chi connectivity index (χ3v) is 4.80. The zero-order chi connectivity index (χ0) is 14.3. The summed E-state index contributed by atoms with van der Waals surface area (Å²) in [4.78, 5) is 4.51. The smallest absolute Gasteiger partial charge is 0.144 e. The second-order valence-corrected chi connectivity index (χ2v) is 6.37. The number of benzene rings is 1. The largest absolute Gasteiger partial charge is 0.324 e. The monoisotopic (exact) mass is 314 g/mol. The maximum absolute atomic E-state index is 13.8. The Balaban J connectivity index is 2.10. The van der Waals surface area contributed by atoms with Crippen LogP contribution in [-0.4, -0.2) is 9.55 Å². The van der Waals surface area contributed by atoms with Crippen molar-refractivity contribution < 1.29 is 4.39 Å². The molecular formula is C15H17Cl2FN2. The summed E-state index contributed by atoms with van der Waals surface area (Å²) >= 11 is 11.9. The van der Waals surface area contributed by atoms with Crippen molar-refractivity contribution >= 4 is 34.2 Å². The number of nitrogens with zero attached hydrogens (tertiary/aromatic N) is 2. The van der Waals surface area contributed by atoms with Gasteiger partial charge in [0.05, 0.1) is 21.9 Å². The Morgan fingerprint density at radius 1 is 1.30 bits per heavy atom. The Morgan fingerprint density at radius 3 is 2.65 bits per heavy atom. The van der Waals surface area contributed by atoms with Crippen LogP contribution in [0.15, 0.2) is 12.1 Å². The van der Waals surface area contributed by atoms with E-state index in [0.717, 1.165) is 35.6 Å². The minimum absolute atomic E-state index is 0.112. The lowest BCUT2D eigenvalue weighted by Crippen LogP contribution is -2.18. The molecule has 0 unspecified atom stereocenters. The van der Waals surface area contributed by atoms with Crippen molar-refractivity contribution in [2.75, 3.05) is 0 Å². The van der Waals surface area contributed by atoms with E-state index < -0.39 is 5.82 Å². The molecule has 1 fully saturated rings. The number of hydrogen-bond acceptors (Lipinski definition) is 1. The summed E-state index contributed by atoms with van der Waals surface area (Å²) in [7, 11) is 0. The first-order valence-electron chi connectivity index (χ1n) is 7.02. The molecule has 0 amide bonds. The average molecular weight is 315 g/mol. The van der Waals surface area contributed by atoms with E-state index in [1.165, 1.54) is 18.9 Å². The first kappa shape index (κ1) is 14.2. The van der Waals surface area contributed by atoms with E-state index in [2.05, 4.69) is 16.5 Å². The number of rotatable bonds is 2. The number of imidazole rings is 1. The van der Waals surface area contributed by atoms with E-state index in [1.54, 1.807) is 6.07 Å². The van der Waals surface area contributed by atoms with Crippen LogP contribution < -0.4 is 0 Å². The van der Waals surface area contributed by atoms with Crippen LogP contribution in [0.25, 0.3) is 11.0 Å². The van der Waals surface area contributed by atoms with Crippen molar-refractivity contribution in [3.8, 4) is 0 Å². The average Bonchev–Trinajstić information content (AvgIpc) is 2.78. The van der Waals surface area contributed by atoms with Crippen molar-refractivity contribution in [1.82, 2.24) is 9.55 Å². The Kier molecular flexibility index (Phi) is 3.91. The molecule has 5 heteroatoms. The minimum Gasteiger partial charge on any atom is -0.324 e. The highest BCUT2D eigenvalue weighted by atomic mass is 35.5. The van der Waals surface area contributed by atoms with E-state index >= 15 is 0 Å². The molecule has 1 aliphatic carbocycles. The molecule has 0 N–H and O–H groups in total. The highest BCUT2D eigenvalue weighted by molar-refractivity contribution is 6.31. The number of fused-ring (bicyclic) bond motifs is 1. The van der Waals surface area contributed by atoms with Crippen LogP contribution in [-0.2, 0) is 5.88 Å². The molecule has 0 saturated heterocycles. The minimum atomic E-state index is -0.398. The topological polar surface area (TPSA) is 17.8 Å². The molecule has 3 rings (SSSR count). The van der Waals surface area contributed by atoms with Crippen molar-refractivity contribution in [1.29, 1.82) is 0 Å². The summed E-state index contributed by atoms with van der Waals surface area (Å²) in [6.45, 7) is 2.28. The molecule has 2 nitrogen and oxygen atoms in total. The van der Waals surface area contributed by atoms with Crippen LogP contribution >= 0.6 is 23.2 Å². The lowest BCUT2D eigenvalue weighted by Gasteiger charge is -2.28. The van der Waals surface area contributed by atoms with E-state index in [0.29, 0.717) is 11.9 Å². The maximum Gasteiger partial charge on any atom is 0.144 e. The highest BCUT2D eigenvalue weighted by Gasteiger charge is 2.24. The van der Waals surface area contributed by atoms with Crippen LogP contribution in [0.3, 0.4) is 0 Å². The van der Waals surface area contributed by atoms with E-state index in [1.807, 2.05) is 0 Å². The predicted octanol–water partition coefficient (Wildman–Crippen LogP) is 5.32. The molecular weight excluding hydrogens is 298 g/mol. The van der Waals surface area contributed by atoms with Gasteiger partial charge in [0, 0.05) is 12.1 Å². The molecule has 20 heavy (non-hydrogen) atoms. The van der Waals surface area contributed by atoms with Crippen molar-refractivity contribution in [2.24, 2.45) is 5.92 Å². The summed E-state index contributed by atoms with van der Waals surface area (Å²) < 4.78 is 15.9. The zero-order valence-electron chi connectivity index (χ0n) is 11.4. The second-order valence-electron chi connectivity index (χ2n) is 5.70. The van der Waals surface area contributed by atoms with Gasteiger partial charge in [-0.3, -0.25) is 0 Å². The van der Waals surface area contributed by atoms with Crippen LogP contribution in [0.1, 0.15) is 44.5 Å². The van der Waals surface area contributed by atoms with Crippen molar-refractivity contribution in [2.45, 2.75) is 44.5 Å². The van der Waals surface area contributed by atoms with E-state index in [9.17, 15) is 4.39 Å². The SMILES string of the molecule is CC1CCC(n2c(CCl)nc3cc(Cl)c(F)cc32)CC1. The van der Waals surface area contributed by atoms with Crippen molar-refractivity contribution in [3.63, 3.8) is 0 Å². The van der Waals surface area contributed by atoms with Gasteiger partial charge in [0.2, 0.25) is 0 Å². The molecule has 1 aromatic carbocycles. The van der Waals surface area contributed by atoms with E-state index in [4.69, 9.17) is 23.2 Å². The summed E-state index contributed by atoms with van der Waals surface area (Å²) in [6.07, 6.45) is 4.59. The molecule has 1 aromatic heterocycles. The zero-order valence-corrected chi connectivity index (χ0v) is 12.9. The summed E-state index contributed by atoms with van der Waals surface area (Å²) in [5, 5.41) is 0.112. The first-order chi connectivity index (χ1) is 9.60. The molecule has 108 valence electrons. The summed E-state index contributed by atoms with van der Waals surface area (Å²) in [5.74, 6) is 1.51. The van der Waals surface area contributed by atoms with Gasteiger partial charge in [0.25, 0.3) is 0 Å². The molecule has 0 bridgehead atoms. The van der Waals surface area contributed by atoms with Crippen LogP contribution in [0.5, 0.6) is 0 Å². The number of aromatic nitrogens is 2. The third kappa shape index (κ3) is 2.42. The number of alkyl halides is 1. The number of halogens is 3. The standard InChI is InChI=1S/C15H17Cl2FN2/c1-9-2-4-10(5-3-9)20-14-7-12(18)11(17)6-13(14)19-15(20)8-16/h6-7,9-10H,2-5,8H2,1H3. The maximum atomic E-state index is 13.8. The Labute approximate surface area is 127 Å². The molecule has 0 atom stereocenters. The lowest BCUT2D eigenvalue weighted by molar-refractivity contribution is 0.290. The summed E-state index contributed by atoms with van der Waals surface area (Å²) in [6, 6.07) is 3.44. The quantitative estimate of drug-likeness (QED) is 0.686. The molecule has 1 aliphatic rings. The second kappa shape index (κ2) is 5.53.